The topological polar surface area (TPSA) is 81.3 Å². The number of carbonyl (C=O) groups is 1. The Kier molecular flexibility index (Phi) is 5.42. The van der Waals surface area contributed by atoms with Gasteiger partial charge < -0.3 is 15.4 Å². The fourth-order valence-corrected chi connectivity index (χ4v) is 3.03. The molecule has 1 fully saturated rings. The van der Waals surface area contributed by atoms with Crippen LogP contribution in [0.25, 0.3) is 0 Å². The smallest absolute Gasteiger partial charge is 0.260 e. The normalized spacial score (nSPS) is 17.3. The summed E-state index contributed by atoms with van der Waals surface area (Å²) in [6.45, 7) is 1.32. The van der Waals surface area contributed by atoms with Gasteiger partial charge in [0.1, 0.15) is 17.4 Å². The molecule has 0 aliphatic carbocycles. The van der Waals surface area contributed by atoms with Crippen LogP contribution in [-0.2, 0) is 11.2 Å². The van der Waals surface area contributed by atoms with Gasteiger partial charge in [0.25, 0.3) is 5.91 Å². The largest absolute Gasteiger partial charge is 0.484 e. The highest BCUT2D eigenvalue weighted by molar-refractivity contribution is 5.77. The predicted octanol–water partition coefficient (Wildman–Crippen LogP) is 2.06. The second-order valence-corrected chi connectivity index (χ2v) is 6.18. The van der Waals surface area contributed by atoms with E-state index in [1.165, 1.54) is 24.3 Å². The molecule has 132 valence electrons. The Morgan fingerprint density at radius 1 is 1.28 bits per heavy atom. The first-order valence-corrected chi connectivity index (χ1v) is 8.33. The van der Waals surface area contributed by atoms with E-state index >= 15 is 0 Å². The molecule has 0 radical (unpaired) electrons. The van der Waals surface area contributed by atoms with Crippen LogP contribution in [-0.4, -0.2) is 40.5 Å². The number of anilines is 1. The van der Waals surface area contributed by atoms with Crippen molar-refractivity contribution >= 4 is 11.7 Å². The zero-order valence-electron chi connectivity index (χ0n) is 13.9. The summed E-state index contributed by atoms with van der Waals surface area (Å²) in [4.78, 5) is 22.5. The van der Waals surface area contributed by atoms with Crippen molar-refractivity contribution in [1.29, 1.82) is 0 Å². The van der Waals surface area contributed by atoms with E-state index in [1.807, 2.05) is 4.90 Å². The Morgan fingerprint density at radius 2 is 2.04 bits per heavy atom. The highest BCUT2D eigenvalue weighted by Gasteiger charge is 2.25. The molecule has 2 N–H and O–H groups in total. The average Bonchev–Trinajstić information content (AvgIpc) is 2.63. The first kappa shape index (κ1) is 17.1. The van der Waals surface area contributed by atoms with Gasteiger partial charge in [-0.1, -0.05) is 0 Å². The number of hydrogen-bond donors (Lipinski definition) is 1. The van der Waals surface area contributed by atoms with Crippen LogP contribution in [0.3, 0.4) is 0 Å². The summed E-state index contributed by atoms with van der Waals surface area (Å²) in [6.07, 6.45) is 5.88. The van der Waals surface area contributed by atoms with Crippen molar-refractivity contribution in [2.45, 2.75) is 19.3 Å². The quantitative estimate of drug-likeness (QED) is 0.898. The maximum absolute atomic E-state index is 12.9. The number of hydrogen-bond acceptors (Lipinski definition) is 5. The second-order valence-electron chi connectivity index (χ2n) is 6.18. The van der Waals surface area contributed by atoms with E-state index in [0.29, 0.717) is 30.5 Å². The lowest BCUT2D eigenvalue weighted by atomic mass is 9.93. The van der Waals surface area contributed by atoms with Crippen LogP contribution in [0.4, 0.5) is 10.2 Å². The third-order valence-electron chi connectivity index (χ3n) is 4.34. The molecule has 1 unspecified atom stereocenters. The van der Waals surface area contributed by atoms with E-state index in [4.69, 9.17) is 10.5 Å². The van der Waals surface area contributed by atoms with Crippen molar-refractivity contribution in [1.82, 2.24) is 14.9 Å². The molecule has 2 heterocycles. The van der Waals surface area contributed by atoms with Gasteiger partial charge in [0.15, 0.2) is 6.61 Å². The van der Waals surface area contributed by atoms with Crippen LogP contribution in [0, 0.1) is 11.7 Å². The minimum Gasteiger partial charge on any atom is -0.484 e. The molecular weight excluding hydrogens is 323 g/mol. The van der Waals surface area contributed by atoms with Crippen LogP contribution in [0.5, 0.6) is 5.75 Å². The lowest BCUT2D eigenvalue weighted by molar-refractivity contribution is -0.135. The van der Waals surface area contributed by atoms with E-state index in [9.17, 15) is 9.18 Å². The minimum absolute atomic E-state index is 0.0500. The standard InChI is InChI=1S/C18H21FN4O2/c19-14-3-5-15(6-4-14)25-12-17(24)23-9-1-2-13(11-23)10-16-18(20)22-8-7-21-16/h3-8,13H,1-2,9-12H2,(H2,20,22). The number of piperidine rings is 1. The molecule has 0 bridgehead atoms. The molecule has 1 amide bonds. The predicted molar refractivity (Wildman–Crippen MR) is 91.3 cm³/mol. The van der Waals surface area contributed by atoms with E-state index in [-0.39, 0.29) is 18.3 Å². The molecule has 7 heteroatoms. The maximum atomic E-state index is 12.9. The number of ether oxygens (including phenoxy) is 1. The third-order valence-corrected chi connectivity index (χ3v) is 4.34. The monoisotopic (exact) mass is 344 g/mol. The molecule has 0 spiro atoms. The van der Waals surface area contributed by atoms with Gasteiger partial charge in [-0.15, -0.1) is 0 Å². The van der Waals surface area contributed by atoms with Crippen molar-refractivity contribution in [2.75, 3.05) is 25.4 Å². The van der Waals surface area contributed by atoms with Crippen molar-refractivity contribution in [3.63, 3.8) is 0 Å². The van der Waals surface area contributed by atoms with Crippen molar-refractivity contribution in [3.05, 3.63) is 48.2 Å². The van der Waals surface area contributed by atoms with Crippen molar-refractivity contribution in [3.8, 4) is 5.75 Å². The first-order chi connectivity index (χ1) is 12.1. The Balaban J connectivity index is 1.52. The molecule has 6 nitrogen and oxygen atoms in total. The van der Waals surface area contributed by atoms with Gasteiger partial charge in [-0.25, -0.2) is 9.37 Å². The first-order valence-electron chi connectivity index (χ1n) is 8.33. The van der Waals surface area contributed by atoms with Gasteiger partial charge in [-0.3, -0.25) is 9.78 Å². The number of amides is 1. The number of nitrogens with two attached hydrogens (primary N) is 1. The summed E-state index contributed by atoms with van der Waals surface area (Å²) in [6, 6.07) is 5.64. The molecule has 0 saturated carbocycles. The van der Waals surface area contributed by atoms with Crippen LogP contribution in [0.1, 0.15) is 18.5 Å². The Bertz CT molecular complexity index is 723. The number of rotatable bonds is 5. The number of nitrogen functional groups attached to an aromatic ring is 1. The minimum atomic E-state index is -0.333. The summed E-state index contributed by atoms with van der Waals surface area (Å²) in [5, 5.41) is 0. The maximum Gasteiger partial charge on any atom is 0.260 e. The highest BCUT2D eigenvalue weighted by Crippen LogP contribution is 2.22. The molecule has 1 saturated heterocycles. The number of likely N-dealkylation sites (tertiary alicyclic amines) is 1. The van der Waals surface area contributed by atoms with E-state index in [0.717, 1.165) is 25.1 Å². The summed E-state index contributed by atoms with van der Waals surface area (Å²) >= 11 is 0. The number of carbonyl (C=O) groups excluding carboxylic acids is 1. The fraction of sp³-hybridized carbons (Fsp3) is 0.389. The Morgan fingerprint density at radius 3 is 2.80 bits per heavy atom. The van der Waals surface area contributed by atoms with Gasteiger partial charge in [0, 0.05) is 25.5 Å². The summed E-state index contributed by atoms with van der Waals surface area (Å²) in [5.41, 5.74) is 6.64. The lowest BCUT2D eigenvalue weighted by Crippen LogP contribution is -2.42. The van der Waals surface area contributed by atoms with E-state index < -0.39 is 0 Å². The van der Waals surface area contributed by atoms with Crippen LogP contribution >= 0.6 is 0 Å². The molecular formula is C18H21FN4O2. The van der Waals surface area contributed by atoms with Crippen LogP contribution in [0.15, 0.2) is 36.7 Å². The number of nitrogens with zero attached hydrogens (tertiary/aromatic N) is 3. The molecule has 1 aromatic carbocycles. The average molecular weight is 344 g/mol. The summed E-state index contributed by atoms with van der Waals surface area (Å²) < 4.78 is 18.3. The Hall–Kier alpha value is -2.70. The molecule has 3 rings (SSSR count). The number of aromatic nitrogens is 2. The molecule has 1 aromatic heterocycles. The Labute approximate surface area is 145 Å². The summed E-state index contributed by atoms with van der Waals surface area (Å²) in [5.74, 6) is 0.839. The number of benzene rings is 1. The third kappa shape index (κ3) is 4.65. The zero-order valence-corrected chi connectivity index (χ0v) is 13.9. The van der Waals surface area contributed by atoms with Crippen LogP contribution in [0.2, 0.25) is 0 Å². The number of halogens is 1. The summed E-state index contributed by atoms with van der Waals surface area (Å²) in [7, 11) is 0. The van der Waals surface area contributed by atoms with Gasteiger partial charge >= 0.3 is 0 Å². The van der Waals surface area contributed by atoms with Gasteiger partial charge in [-0.05, 0) is 49.4 Å². The van der Waals surface area contributed by atoms with Gasteiger partial charge in [0.05, 0.1) is 5.69 Å². The van der Waals surface area contributed by atoms with E-state index in [1.54, 1.807) is 12.4 Å². The molecule has 1 aliphatic heterocycles. The lowest BCUT2D eigenvalue weighted by Gasteiger charge is -2.32. The highest BCUT2D eigenvalue weighted by atomic mass is 19.1. The van der Waals surface area contributed by atoms with Crippen molar-refractivity contribution < 1.29 is 13.9 Å². The van der Waals surface area contributed by atoms with Crippen molar-refractivity contribution in [2.24, 2.45) is 5.92 Å². The zero-order chi connectivity index (χ0) is 17.6. The molecule has 2 aromatic rings. The molecule has 1 atom stereocenters. The van der Waals surface area contributed by atoms with Gasteiger partial charge in [0.2, 0.25) is 0 Å². The van der Waals surface area contributed by atoms with E-state index in [2.05, 4.69) is 9.97 Å². The fourth-order valence-electron chi connectivity index (χ4n) is 3.03. The van der Waals surface area contributed by atoms with Crippen LogP contribution < -0.4 is 10.5 Å². The van der Waals surface area contributed by atoms with Gasteiger partial charge in [-0.2, -0.15) is 0 Å². The molecule has 1 aliphatic rings. The second kappa shape index (κ2) is 7.92. The molecule has 25 heavy (non-hydrogen) atoms. The SMILES string of the molecule is Nc1nccnc1CC1CCCN(C(=O)COc2ccc(F)cc2)C1.